The number of amides is 1. The zero-order chi connectivity index (χ0) is 15.7. The third-order valence-corrected chi connectivity index (χ3v) is 3.34. The standard InChI is InChI=1S/C14H13FN6O/c1-9(12-4-5-20(19-12)14(16)22)10-2-3-13(17-6-10)21-8-11(15)7-18-21/h2-9H,1H3,(H2,16,22). The maximum absolute atomic E-state index is 12.9. The molecule has 8 heteroatoms. The van der Waals surface area contributed by atoms with Gasteiger partial charge in [-0.2, -0.15) is 14.9 Å². The van der Waals surface area contributed by atoms with Crippen molar-refractivity contribution in [3.05, 3.63) is 60.1 Å². The summed E-state index contributed by atoms with van der Waals surface area (Å²) in [6.07, 6.45) is 5.56. The quantitative estimate of drug-likeness (QED) is 0.796. The molecule has 0 fully saturated rings. The summed E-state index contributed by atoms with van der Waals surface area (Å²) in [5, 5.41) is 7.97. The Bertz CT molecular complexity index is 807. The molecule has 1 atom stereocenters. The van der Waals surface area contributed by atoms with Gasteiger partial charge in [0.25, 0.3) is 0 Å². The first-order valence-corrected chi connectivity index (χ1v) is 6.56. The van der Waals surface area contributed by atoms with Crippen molar-refractivity contribution >= 4 is 6.03 Å². The molecule has 0 saturated carbocycles. The molecular formula is C14H13FN6O. The van der Waals surface area contributed by atoms with E-state index in [1.165, 1.54) is 17.1 Å². The zero-order valence-corrected chi connectivity index (χ0v) is 11.7. The summed E-state index contributed by atoms with van der Waals surface area (Å²) in [5.41, 5.74) is 6.78. The molecule has 1 unspecified atom stereocenters. The highest BCUT2D eigenvalue weighted by Crippen LogP contribution is 2.22. The Morgan fingerprint density at radius 2 is 2.14 bits per heavy atom. The minimum Gasteiger partial charge on any atom is -0.350 e. The third kappa shape index (κ3) is 2.58. The van der Waals surface area contributed by atoms with Crippen LogP contribution in [0.15, 0.2) is 43.0 Å². The van der Waals surface area contributed by atoms with E-state index in [1.807, 2.05) is 13.0 Å². The lowest BCUT2D eigenvalue weighted by atomic mass is 10.00. The summed E-state index contributed by atoms with van der Waals surface area (Å²) in [4.78, 5) is 15.3. The SMILES string of the molecule is CC(c1ccc(-n2cc(F)cn2)nc1)c1ccn(C(N)=O)n1. The van der Waals surface area contributed by atoms with Crippen molar-refractivity contribution in [1.29, 1.82) is 0 Å². The van der Waals surface area contributed by atoms with Gasteiger partial charge in [0.2, 0.25) is 0 Å². The van der Waals surface area contributed by atoms with E-state index < -0.39 is 11.8 Å². The van der Waals surface area contributed by atoms with Gasteiger partial charge in [-0.15, -0.1) is 0 Å². The Morgan fingerprint density at radius 1 is 1.32 bits per heavy atom. The van der Waals surface area contributed by atoms with E-state index in [2.05, 4.69) is 15.2 Å². The molecule has 112 valence electrons. The van der Waals surface area contributed by atoms with Crippen LogP contribution in [0, 0.1) is 5.82 Å². The molecule has 0 bridgehead atoms. The highest BCUT2D eigenvalue weighted by Gasteiger charge is 2.13. The van der Waals surface area contributed by atoms with Gasteiger partial charge in [-0.1, -0.05) is 13.0 Å². The number of hydrogen-bond acceptors (Lipinski definition) is 4. The van der Waals surface area contributed by atoms with Crippen molar-refractivity contribution in [2.24, 2.45) is 5.73 Å². The van der Waals surface area contributed by atoms with Crippen LogP contribution >= 0.6 is 0 Å². The average molecular weight is 300 g/mol. The van der Waals surface area contributed by atoms with E-state index in [9.17, 15) is 9.18 Å². The van der Waals surface area contributed by atoms with Gasteiger partial charge in [-0.25, -0.2) is 18.9 Å². The summed E-state index contributed by atoms with van der Waals surface area (Å²) in [7, 11) is 0. The van der Waals surface area contributed by atoms with Crippen LogP contribution in [0.1, 0.15) is 24.1 Å². The second-order valence-electron chi connectivity index (χ2n) is 4.80. The zero-order valence-electron chi connectivity index (χ0n) is 11.7. The van der Waals surface area contributed by atoms with Gasteiger partial charge >= 0.3 is 6.03 Å². The predicted molar refractivity (Wildman–Crippen MR) is 76.0 cm³/mol. The lowest BCUT2D eigenvalue weighted by Gasteiger charge is -2.09. The maximum atomic E-state index is 12.9. The Morgan fingerprint density at radius 3 is 2.68 bits per heavy atom. The fourth-order valence-corrected chi connectivity index (χ4v) is 2.08. The van der Waals surface area contributed by atoms with E-state index >= 15 is 0 Å². The van der Waals surface area contributed by atoms with E-state index in [-0.39, 0.29) is 5.92 Å². The number of nitrogens with zero attached hydrogens (tertiary/aromatic N) is 5. The highest BCUT2D eigenvalue weighted by atomic mass is 19.1. The minimum atomic E-state index is -0.632. The first-order chi connectivity index (χ1) is 10.5. The molecule has 0 aromatic carbocycles. The molecular weight excluding hydrogens is 287 g/mol. The fraction of sp³-hybridized carbons (Fsp3) is 0.143. The molecule has 3 heterocycles. The highest BCUT2D eigenvalue weighted by molar-refractivity contribution is 5.73. The van der Waals surface area contributed by atoms with Crippen LogP contribution in [0.3, 0.4) is 0 Å². The van der Waals surface area contributed by atoms with Crippen LogP contribution in [-0.2, 0) is 0 Å². The van der Waals surface area contributed by atoms with Crippen molar-refractivity contribution in [2.75, 3.05) is 0 Å². The number of nitrogens with two attached hydrogens (primary N) is 1. The summed E-state index contributed by atoms with van der Waals surface area (Å²) in [6, 6.07) is 4.69. The number of aromatic nitrogens is 5. The topological polar surface area (TPSA) is 91.6 Å². The van der Waals surface area contributed by atoms with Crippen LogP contribution < -0.4 is 5.73 Å². The average Bonchev–Trinajstić information content (AvgIpc) is 3.16. The molecule has 0 aliphatic heterocycles. The van der Waals surface area contributed by atoms with E-state index in [1.54, 1.807) is 18.3 Å². The first kappa shape index (κ1) is 13.9. The first-order valence-electron chi connectivity index (χ1n) is 6.56. The molecule has 2 N–H and O–H groups in total. The lowest BCUT2D eigenvalue weighted by Crippen LogP contribution is -2.20. The smallest absolute Gasteiger partial charge is 0.339 e. The molecule has 0 aliphatic carbocycles. The summed E-state index contributed by atoms with van der Waals surface area (Å²) in [5.74, 6) is 0.0373. The van der Waals surface area contributed by atoms with Gasteiger partial charge in [-0.3, -0.25) is 0 Å². The molecule has 1 amide bonds. The van der Waals surface area contributed by atoms with Gasteiger partial charge in [-0.05, 0) is 17.7 Å². The summed E-state index contributed by atoms with van der Waals surface area (Å²) >= 11 is 0. The van der Waals surface area contributed by atoms with Crippen LogP contribution in [0.25, 0.3) is 5.82 Å². The third-order valence-electron chi connectivity index (χ3n) is 3.34. The molecule has 3 aromatic heterocycles. The predicted octanol–water partition coefficient (Wildman–Crippen LogP) is 1.68. The number of pyridine rings is 1. The summed E-state index contributed by atoms with van der Waals surface area (Å²) < 4.78 is 15.4. The van der Waals surface area contributed by atoms with Gasteiger partial charge in [0.15, 0.2) is 11.6 Å². The van der Waals surface area contributed by atoms with Gasteiger partial charge in [0.05, 0.1) is 18.1 Å². The van der Waals surface area contributed by atoms with Crippen molar-refractivity contribution in [3.63, 3.8) is 0 Å². The number of primary amides is 1. The number of halogens is 1. The second kappa shape index (κ2) is 5.40. The van der Waals surface area contributed by atoms with Crippen molar-refractivity contribution in [3.8, 4) is 5.82 Å². The lowest BCUT2D eigenvalue weighted by molar-refractivity contribution is 0.247. The Hall–Kier alpha value is -3.03. The molecule has 7 nitrogen and oxygen atoms in total. The van der Waals surface area contributed by atoms with Crippen LogP contribution in [0.4, 0.5) is 9.18 Å². The number of hydrogen-bond donors (Lipinski definition) is 1. The second-order valence-corrected chi connectivity index (χ2v) is 4.80. The van der Waals surface area contributed by atoms with Crippen LogP contribution in [-0.4, -0.2) is 30.6 Å². The number of rotatable bonds is 3. The molecule has 3 rings (SSSR count). The monoisotopic (exact) mass is 300 g/mol. The van der Waals surface area contributed by atoms with Crippen molar-refractivity contribution < 1.29 is 9.18 Å². The maximum Gasteiger partial charge on any atom is 0.339 e. The Kier molecular flexibility index (Phi) is 3.42. The molecule has 0 saturated heterocycles. The molecule has 0 spiro atoms. The van der Waals surface area contributed by atoms with Crippen molar-refractivity contribution in [1.82, 2.24) is 24.5 Å². The Labute approximate surface area is 125 Å². The van der Waals surface area contributed by atoms with E-state index in [0.29, 0.717) is 11.5 Å². The summed E-state index contributed by atoms with van der Waals surface area (Å²) in [6.45, 7) is 1.94. The Balaban J connectivity index is 1.83. The van der Waals surface area contributed by atoms with E-state index in [4.69, 9.17) is 5.73 Å². The molecule has 0 radical (unpaired) electrons. The molecule has 22 heavy (non-hydrogen) atoms. The van der Waals surface area contributed by atoms with Crippen LogP contribution in [0.5, 0.6) is 0 Å². The molecule has 0 aliphatic rings. The van der Waals surface area contributed by atoms with Gasteiger partial charge in [0, 0.05) is 18.3 Å². The normalized spacial score (nSPS) is 12.3. The van der Waals surface area contributed by atoms with Crippen LogP contribution in [0.2, 0.25) is 0 Å². The largest absolute Gasteiger partial charge is 0.350 e. The van der Waals surface area contributed by atoms with E-state index in [0.717, 1.165) is 16.4 Å². The van der Waals surface area contributed by atoms with Crippen molar-refractivity contribution in [2.45, 2.75) is 12.8 Å². The fourth-order valence-electron chi connectivity index (χ4n) is 2.08. The van der Waals surface area contributed by atoms with Gasteiger partial charge < -0.3 is 5.73 Å². The number of carbonyl (C=O) groups excluding carboxylic acids is 1. The molecule has 3 aromatic rings. The van der Waals surface area contributed by atoms with Gasteiger partial charge in [0.1, 0.15) is 0 Å². The minimum absolute atomic E-state index is 0.0588. The number of carbonyl (C=O) groups is 1.